The van der Waals surface area contributed by atoms with E-state index >= 15 is 0 Å². The van der Waals surface area contributed by atoms with Gasteiger partial charge in [-0.25, -0.2) is 4.79 Å². The summed E-state index contributed by atoms with van der Waals surface area (Å²) in [6, 6.07) is 5.95. The van der Waals surface area contributed by atoms with E-state index in [0.29, 0.717) is 11.4 Å². The molecule has 1 aromatic rings. The molecular formula is C10H10ClNO3. The molecule has 0 bridgehead atoms. The third-order valence-electron chi connectivity index (χ3n) is 1.90. The predicted molar refractivity (Wildman–Crippen MR) is 55.8 cm³/mol. The van der Waals surface area contributed by atoms with Crippen molar-refractivity contribution in [1.82, 2.24) is 5.32 Å². The van der Waals surface area contributed by atoms with Crippen molar-refractivity contribution in [3.8, 4) is 0 Å². The largest absolute Gasteiger partial charge is 0.480 e. The highest BCUT2D eigenvalue weighted by Gasteiger charge is 2.16. The van der Waals surface area contributed by atoms with Crippen LogP contribution in [0, 0.1) is 0 Å². The maximum absolute atomic E-state index is 10.7. The molecule has 15 heavy (non-hydrogen) atoms. The number of halogens is 1. The van der Waals surface area contributed by atoms with Crippen molar-refractivity contribution >= 4 is 24.0 Å². The molecule has 0 aromatic heterocycles. The summed E-state index contributed by atoms with van der Waals surface area (Å²) in [7, 11) is 0. The van der Waals surface area contributed by atoms with Crippen molar-refractivity contribution in [2.45, 2.75) is 12.5 Å². The van der Waals surface area contributed by atoms with E-state index < -0.39 is 12.0 Å². The highest BCUT2D eigenvalue weighted by molar-refractivity contribution is 6.30. The van der Waals surface area contributed by atoms with Gasteiger partial charge in [-0.1, -0.05) is 23.7 Å². The van der Waals surface area contributed by atoms with E-state index in [-0.39, 0.29) is 6.42 Å². The third kappa shape index (κ3) is 3.59. The van der Waals surface area contributed by atoms with Gasteiger partial charge in [0.15, 0.2) is 0 Å². The summed E-state index contributed by atoms with van der Waals surface area (Å²) >= 11 is 5.75. The predicted octanol–water partition coefficient (Wildman–Crippen LogP) is 1.08. The molecule has 1 aromatic carbocycles. The summed E-state index contributed by atoms with van der Waals surface area (Å²) in [5.41, 5.74) is 0.768. The third-order valence-corrected chi connectivity index (χ3v) is 2.13. The number of carboxylic acids is 1. The summed E-state index contributed by atoms with van der Waals surface area (Å²) in [4.78, 5) is 20.9. The average molecular weight is 228 g/mol. The molecule has 0 heterocycles. The Morgan fingerprint density at radius 2 is 2.33 bits per heavy atom. The molecule has 4 nitrogen and oxygen atoms in total. The smallest absolute Gasteiger partial charge is 0.326 e. The number of carboxylic acid groups (broad SMARTS) is 1. The summed E-state index contributed by atoms with van der Waals surface area (Å²) in [6.07, 6.45) is 0.595. The Morgan fingerprint density at radius 1 is 1.60 bits per heavy atom. The summed E-state index contributed by atoms with van der Waals surface area (Å²) < 4.78 is 0. The van der Waals surface area contributed by atoms with Crippen LogP contribution >= 0.6 is 11.6 Å². The van der Waals surface area contributed by atoms with Gasteiger partial charge in [-0.15, -0.1) is 0 Å². The van der Waals surface area contributed by atoms with Crippen molar-refractivity contribution in [3.63, 3.8) is 0 Å². The minimum atomic E-state index is -1.07. The van der Waals surface area contributed by atoms with Crippen LogP contribution < -0.4 is 5.32 Å². The molecular weight excluding hydrogens is 218 g/mol. The average Bonchev–Trinajstić information content (AvgIpc) is 2.17. The van der Waals surface area contributed by atoms with Crippen LogP contribution in [0.15, 0.2) is 24.3 Å². The maximum Gasteiger partial charge on any atom is 0.326 e. The molecule has 0 spiro atoms. The number of amides is 1. The number of aliphatic carboxylic acids is 1. The lowest BCUT2D eigenvalue weighted by Gasteiger charge is -2.10. The quantitative estimate of drug-likeness (QED) is 0.740. The van der Waals surface area contributed by atoms with Crippen LogP contribution in [-0.4, -0.2) is 23.5 Å². The molecule has 1 atom stereocenters. The summed E-state index contributed by atoms with van der Waals surface area (Å²) in [6.45, 7) is 0. The first-order valence-electron chi connectivity index (χ1n) is 4.30. The second-order valence-electron chi connectivity index (χ2n) is 3.01. The van der Waals surface area contributed by atoms with Crippen molar-refractivity contribution in [3.05, 3.63) is 34.9 Å². The topological polar surface area (TPSA) is 66.4 Å². The normalized spacial score (nSPS) is 11.8. The lowest BCUT2D eigenvalue weighted by Crippen LogP contribution is -2.37. The number of benzene rings is 1. The molecule has 0 fully saturated rings. The Balaban J connectivity index is 2.73. The molecule has 0 saturated carbocycles. The molecule has 1 rings (SSSR count). The SMILES string of the molecule is O=CNC(Cc1cccc(Cl)c1)C(=O)O. The van der Waals surface area contributed by atoms with Crippen LogP contribution in [0.3, 0.4) is 0 Å². The number of carbonyl (C=O) groups excluding carboxylic acids is 1. The Morgan fingerprint density at radius 3 is 2.87 bits per heavy atom. The van der Waals surface area contributed by atoms with E-state index in [1.807, 2.05) is 0 Å². The highest BCUT2D eigenvalue weighted by atomic mass is 35.5. The van der Waals surface area contributed by atoms with E-state index in [9.17, 15) is 9.59 Å². The van der Waals surface area contributed by atoms with Crippen molar-refractivity contribution in [1.29, 1.82) is 0 Å². The molecule has 0 aliphatic carbocycles. The zero-order valence-electron chi connectivity index (χ0n) is 7.81. The van der Waals surface area contributed by atoms with Crippen LogP contribution in [0.2, 0.25) is 5.02 Å². The van der Waals surface area contributed by atoms with Crippen molar-refractivity contribution in [2.75, 3.05) is 0 Å². The standard InChI is InChI=1S/C10H10ClNO3/c11-8-3-1-2-7(4-8)5-9(10(14)15)12-6-13/h1-4,6,9H,5H2,(H,12,13)(H,14,15). The van der Waals surface area contributed by atoms with Gasteiger partial charge in [0.25, 0.3) is 0 Å². The molecule has 2 N–H and O–H groups in total. The van der Waals surface area contributed by atoms with Crippen LogP contribution in [-0.2, 0) is 16.0 Å². The lowest BCUT2D eigenvalue weighted by atomic mass is 10.1. The van der Waals surface area contributed by atoms with Crippen molar-refractivity contribution < 1.29 is 14.7 Å². The maximum atomic E-state index is 10.7. The Hall–Kier alpha value is -1.55. The van der Waals surface area contributed by atoms with E-state index in [1.165, 1.54) is 0 Å². The highest BCUT2D eigenvalue weighted by Crippen LogP contribution is 2.12. The second kappa shape index (κ2) is 5.36. The van der Waals surface area contributed by atoms with Crippen LogP contribution in [0.1, 0.15) is 5.56 Å². The summed E-state index contributed by atoms with van der Waals surface area (Å²) in [5.74, 6) is -1.07. The van der Waals surface area contributed by atoms with E-state index in [2.05, 4.69) is 5.32 Å². The molecule has 0 aliphatic rings. The lowest BCUT2D eigenvalue weighted by molar-refractivity contribution is -0.140. The van der Waals surface area contributed by atoms with Gasteiger partial charge in [0, 0.05) is 11.4 Å². The fourth-order valence-corrected chi connectivity index (χ4v) is 1.41. The van der Waals surface area contributed by atoms with Gasteiger partial charge in [-0.3, -0.25) is 4.79 Å². The minimum Gasteiger partial charge on any atom is -0.480 e. The molecule has 80 valence electrons. The van der Waals surface area contributed by atoms with E-state index in [1.54, 1.807) is 24.3 Å². The van der Waals surface area contributed by atoms with Gasteiger partial charge in [0.05, 0.1) is 0 Å². The van der Waals surface area contributed by atoms with Gasteiger partial charge < -0.3 is 10.4 Å². The number of nitrogens with one attached hydrogen (secondary N) is 1. The first-order valence-corrected chi connectivity index (χ1v) is 4.68. The fraction of sp³-hybridized carbons (Fsp3) is 0.200. The van der Waals surface area contributed by atoms with Gasteiger partial charge in [0.1, 0.15) is 6.04 Å². The molecule has 1 unspecified atom stereocenters. The van der Waals surface area contributed by atoms with Gasteiger partial charge in [-0.05, 0) is 17.7 Å². The van der Waals surface area contributed by atoms with Crippen molar-refractivity contribution in [2.24, 2.45) is 0 Å². The second-order valence-corrected chi connectivity index (χ2v) is 3.45. The van der Waals surface area contributed by atoms with Gasteiger partial charge >= 0.3 is 5.97 Å². The Bertz CT molecular complexity index is 367. The zero-order valence-corrected chi connectivity index (χ0v) is 8.57. The Labute approximate surface area is 91.9 Å². The number of hydrogen-bond acceptors (Lipinski definition) is 2. The minimum absolute atomic E-state index is 0.217. The van der Waals surface area contributed by atoms with Crippen LogP contribution in [0.4, 0.5) is 0 Å². The first kappa shape index (κ1) is 11.5. The van der Waals surface area contributed by atoms with Gasteiger partial charge in [0.2, 0.25) is 6.41 Å². The number of carbonyl (C=O) groups is 2. The Kier molecular flexibility index (Phi) is 4.12. The van der Waals surface area contributed by atoms with E-state index in [4.69, 9.17) is 16.7 Å². The van der Waals surface area contributed by atoms with Crippen LogP contribution in [0.5, 0.6) is 0 Å². The van der Waals surface area contributed by atoms with Gasteiger partial charge in [-0.2, -0.15) is 0 Å². The monoisotopic (exact) mass is 227 g/mol. The fourth-order valence-electron chi connectivity index (χ4n) is 1.20. The summed E-state index contributed by atoms with van der Waals surface area (Å²) in [5, 5.41) is 11.6. The zero-order chi connectivity index (χ0) is 11.3. The molecule has 0 aliphatic heterocycles. The molecule has 1 amide bonds. The van der Waals surface area contributed by atoms with Crippen LogP contribution in [0.25, 0.3) is 0 Å². The van der Waals surface area contributed by atoms with E-state index in [0.717, 1.165) is 5.56 Å². The molecule has 5 heteroatoms. The molecule has 0 saturated heterocycles. The first-order chi connectivity index (χ1) is 7.13. The number of rotatable bonds is 5. The number of hydrogen-bond donors (Lipinski definition) is 2. The molecule has 0 radical (unpaired) electrons.